The molecule has 3 aliphatic rings. The van der Waals surface area contributed by atoms with E-state index in [-0.39, 0.29) is 110 Å². The molecule has 2 atom stereocenters. The number of aryl methyl sites for hydroxylation is 1. The Labute approximate surface area is 449 Å². The summed E-state index contributed by atoms with van der Waals surface area (Å²) >= 11 is -1.42. The fourth-order valence-corrected chi connectivity index (χ4v) is 3.73. The molecule has 0 radical (unpaired) electrons. The second-order valence-electron chi connectivity index (χ2n) is 10.6. The van der Waals surface area contributed by atoms with Crippen LogP contribution in [0.15, 0.2) is 24.4 Å². The van der Waals surface area contributed by atoms with Crippen LogP contribution >= 0.6 is 56.5 Å². The average molecular weight is 1940 g/mol. The predicted molar refractivity (Wildman–Crippen MR) is 235 cm³/mol. The number of hydrogen-bond acceptors (Lipinski definition) is 7. The molecule has 396 valence electrons. The molecule has 4 rings (SSSR count). The second-order valence-corrected chi connectivity index (χ2v) is 20.5. The van der Waals surface area contributed by atoms with Crippen molar-refractivity contribution in [3.63, 3.8) is 0 Å². The number of nitrogens with zero attached hydrogens (tertiary/aromatic N) is 1. The minimum atomic E-state index is -1.82. The molecule has 0 bridgehead atoms. The summed E-state index contributed by atoms with van der Waals surface area (Å²) in [6.45, 7) is 4.14. The van der Waals surface area contributed by atoms with Crippen LogP contribution in [0.4, 0.5) is 0 Å². The Bertz CT molecular complexity index is 1080. The van der Waals surface area contributed by atoms with Crippen LogP contribution in [0.1, 0.15) is 96.6 Å². The van der Waals surface area contributed by atoms with E-state index in [0.717, 1.165) is 45.2 Å². The Hall–Kier alpha value is 0.792. The molecule has 22 nitrogen and oxygen atoms in total. The van der Waals surface area contributed by atoms with Crippen LogP contribution in [0.2, 0.25) is 0 Å². The topological polar surface area (TPSA) is 509 Å². The second kappa shape index (κ2) is 74.3. The van der Waals surface area contributed by atoms with Crippen LogP contribution in [0.3, 0.4) is 0 Å². The van der Waals surface area contributed by atoms with E-state index in [4.69, 9.17) is 124 Å². The van der Waals surface area contributed by atoms with E-state index in [2.05, 4.69) is 4.98 Å². The normalized spacial score (nSPS) is 14.7. The molecule has 0 aliphatic heterocycles. The van der Waals surface area contributed by atoms with Gasteiger partial charge in [-0.1, -0.05) is 63.9 Å². The molecule has 3 fully saturated rings. The van der Waals surface area contributed by atoms with Gasteiger partial charge in [0.15, 0.2) is 5.41 Å². The standard InChI is InChI=1S/C6H12N2.C6H7N.C6H12N.C6H8O4.C2H2O4.2C2H4O2.6ClH.6H2N.5Pt/c7-5-3-1-2-4-6(5)8;1-6-4-2-3-5-7-6;7-6-4-2-1-3-5-6;7-4(8)6(5(9)10)2-1-3-6;3-1(4)2(5)6;2*1-2(3)4;;;;;;;;;;;;;;;;;/h5-8H,1-4H2;2-5H,1H3;6-7H,1-5H2;1-3H2,(H,7,8)(H,9,10);(H,3,4)(H,5,6);2*1H3,(H,3,4);6*1H;6*1H2;;;;;/q-2;;-1;;;;;;;;;;;6*-1;3*+2;2*+4/p-6/t5-,6-;;;;;;;;;;;;;;;;;;;;;;;/m1......................./s1. The number of halogens is 6. The number of hydrogen-bond donors (Lipinski definition) is 6. The number of aromatic nitrogens is 1. The third kappa shape index (κ3) is 86.5. The minimum Gasteiger partial charge on any atom is -0.693 e. The Morgan fingerprint density at radius 3 is 0.984 bits per heavy atom. The molecule has 33 heteroatoms. The molecule has 1 aromatic rings. The quantitative estimate of drug-likeness (QED) is 0.119. The first-order chi connectivity index (χ1) is 25.5. The van der Waals surface area contributed by atoms with Crippen molar-refractivity contribution in [2.45, 2.75) is 116 Å². The summed E-state index contributed by atoms with van der Waals surface area (Å²) in [4.78, 5) is 60.9. The molecular formula is C30H61Cl6N10O12Pt5-. The zero-order valence-corrected chi connectivity index (χ0v) is 49.8. The zero-order chi connectivity index (χ0) is 44.4. The van der Waals surface area contributed by atoms with Gasteiger partial charge in [0, 0.05) is 25.7 Å². The third-order valence-electron chi connectivity index (χ3n) is 6.39. The molecule has 0 unspecified atom stereocenters. The summed E-state index contributed by atoms with van der Waals surface area (Å²) in [6, 6.07) is 5.98. The van der Waals surface area contributed by atoms with Gasteiger partial charge >= 0.3 is 172 Å². The number of rotatable bonds is 2. The molecule has 3 aliphatic carbocycles. The van der Waals surface area contributed by atoms with Crippen molar-refractivity contribution in [1.82, 2.24) is 4.98 Å². The van der Waals surface area contributed by atoms with Gasteiger partial charge in [0.1, 0.15) is 0 Å². The van der Waals surface area contributed by atoms with E-state index in [9.17, 15) is 9.59 Å². The van der Waals surface area contributed by atoms with Crippen molar-refractivity contribution in [2.24, 2.45) is 5.41 Å². The summed E-state index contributed by atoms with van der Waals surface area (Å²) < 4.78 is 0. The van der Waals surface area contributed by atoms with Crippen molar-refractivity contribution in [3.8, 4) is 0 Å². The maximum absolute atomic E-state index is 10.4. The molecule has 21 N–H and O–H groups in total. The van der Waals surface area contributed by atoms with E-state index >= 15 is 0 Å². The molecule has 1 heterocycles. The SMILES string of the molecule is CC(=O)O.CC(=O)O.Cc1ccccn1.O=C(O)C(=O)O.O=C(O)C1(C(=O)O)CCC1.[Cl][Pt+2][Cl].[Cl][Pt+2][Cl].[Cl][Pt][Cl].[NH-]C1CCCCC1.[NH-][C@@H]1CCCC[C@H]1[NH-].[NH2-].[NH2-].[NH2-].[NH2-].[NH2-].[NH2-].[Pt+2].[Pt+2]. The van der Waals surface area contributed by atoms with Gasteiger partial charge < -0.3 is 84.7 Å². The smallest absolute Gasteiger partial charge is 0.693 e. The van der Waals surface area contributed by atoms with Gasteiger partial charge in [0.2, 0.25) is 0 Å². The molecule has 0 amide bonds. The molecule has 0 aromatic carbocycles. The van der Waals surface area contributed by atoms with Gasteiger partial charge in [-0.3, -0.25) is 24.2 Å². The predicted octanol–water partition coefficient (Wildman–Crippen LogP) is 14.3. The summed E-state index contributed by atoms with van der Waals surface area (Å²) in [5.74, 6) is -7.72. The van der Waals surface area contributed by atoms with E-state index in [1.165, 1.54) is 32.1 Å². The first kappa shape index (κ1) is 101. The van der Waals surface area contributed by atoms with Crippen LogP contribution in [-0.2, 0) is 120 Å². The molecule has 63 heavy (non-hydrogen) atoms. The molecular weight excluding hydrogens is 1880 g/mol. The number of carboxylic acids is 6. The van der Waals surface area contributed by atoms with Crippen LogP contribution < -0.4 is 0 Å². The Morgan fingerprint density at radius 1 is 0.619 bits per heavy atom. The van der Waals surface area contributed by atoms with Crippen molar-refractivity contribution < 1.29 is 151 Å². The maximum atomic E-state index is 10.4. The third-order valence-corrected chi connectivity index (χ3v) is 6.39. The summed E-state index contributed by atoms with van der Waals surface area (Å²) in [6.07, 6.45) is 13.6. The first-order valence-corrected chi connectivity index (χ1v) is 32.2. The minimum absolute atomic E-state index is 0. The van der Waals surface area contributed by atoms with E-state index in [1.807, 2.05) is 25.1 Å². The molecule has 1 aromatic heterocycles. The Balaban J connectivity index is -0.0000000357. The van der Waals surface area contributed by atoms with Gasteiger partial charge in [0.25, 0.3) is 11.9 Å². The Morgan fingerprint density at radius 2 is 0.889 bits per heavy atom. The number of carbonyl (C=O) groups is 6. The molecule has 3 saturated carbocycles. The van der Waals surface area contributed by atoms with E-state index in [1.54, 1.807) is 6.20 Å². The summed E-state index contributed by atoms with van der Waals surface area (Å²) in [5.41, 5.74) is 21.5. The molecule has 0 saturated heterocycles. The monoisotopic (exact) mass is 1940 g/mol. The fraction of sp³-hybridized carbons (Fsp3) is 0.633. The van der Waals surface area contributed by atoms with Gasteiger partial charge in [-0.2, -0.15) is 12.1 Å². The summed E-state index contributed by atoms with van der Waals surface area (Å²) in [5, 5.41) is 46.6. The molecule has 0 spiro atoms. The fourth-order valence-electron chi connectivity index (χ4n) is 3.73. The van der Waals surface area contributed by atoms with Gasteiger partial charge in [-0.15, -0.1) is 6.04 Å². The number of carboxylic acid groups (broad SMARTS) is 6. The first-order valence-electron chi connectivity index (χ1n) is 15.3. The van der Waals surface area contributed by atoms with E-state index in [0.29, 0.717) is 6.42 Å². The van der Waals surface area contributed by atoms with E-state index < -0.39 is 90.7 Å². The van der Waals surface area contributed by atoms with Crippen LogP contribution in [0.5, 0.6) is 0 Å². The average Bonchev–Trinajstić information content (AvgIpc) is 3.04. The van der Waals surface area contributed by atoms with Crippen LogP contribution in [-0.4, -0.2) is 89.6 Å². The van der Waals surface area contributed by atoms with Crippen molar-refractivity contribution in [2.75, 3.05) is 0 Å². The van der Waals surface area contributed by atoms with Gasteiger partial charge in [0.05, 0.1) is 0 Å². The number of pyridine rings is 1. The van der Waals surface area contributed by atoms with Crippen molar-refractivity contribution >= 4 is 92.3 Å². The van der Waals surface area contributed by atoms with Crippen LogP contribution in [0.25, 0.3) is 54.1 Å². The van der Waals surface area contributed by atoms with Gasteiger partial charge in [-0.25, -0.2) is 9.59 Å². The van der Waals surface area contributed by atoms with Gasteiger partial charge in [-0.05, 0) is 38.3 Å². The number of nitrogens with two attached hydrogens (primary N) is 6. The zero-order valence-electron chi connectivity index (χ0n) is 33.9. The largest absolute Gasteiger partial charge is 2.00 e. The number of aliphatic carboxylic acids is 6. The maximum Gasteiger partial charge on any atom is 2.00 e. The Kier molecular flexibility index (Phi) is 120. The van der Waals surface area contributed by atoms with Crippen molar-refractivity contribution in [3.05, 3.63) is 84.2 Å². The number of nitrogens with one attached hydrogen (secondary N) is 3. The summed E-state index contributed by atoms with van der Waals surface area (Å²) in [7, 11) is 29.2. The van der Waals surface area contributed by atoms with Crippen molar-refractivity contribution in [1.29, 1.82) is 0 Å². The van der Waals surface area contributed by atoms with Crippen LogP contribution in [0, 0.1) is 12.3 Å².